The molecule has 0 aliphatic rings. The number of carbonyl (C=O) groups excluding carboxylic acids is 2. The molecule has 0 radical (unpaired) electrons. The molecular formula is C16H14O3. The summed E-state index contributed by atoms with van der Waals surface area (Å²) in [6.45, 7) is 1.49. The molecule has 3 heteroatoms. The minimum Gasteiger partial charge on any atom is -0.507 e. The van der Waals surface area contributed by atoms with E-state index in [4.69, 9.17) is 0 Å². The first-order valence-corrected chi connectivity index (χ1v) is 5.99. The van der Waals surface area contributed by atoms with Crippen LogP contribution < -0.4 is 0 Å². The van der Waals surface area contributed by atoms with E-state index in [9.17, 15) is 14.7 Å². The standard InChI is InChI=1S/C16H14O3/c1-11(17)9-12-7-8-14(15(18)10-12)16(19)13-5-3-2-4-6-13/h2-8,10,18H,9H2,1H3. The maximum Gasteiger partial charge on any atom is 0.196 e. The number of aromatic hydroxyl groups is 1. The van der Waals surface area contributed by atoms with E-state index in [1.165, 1.54) is 13.0 Å². The van der Waals surface area contributed by atoms with Gasteiger partial charge in [-0.15, -0.1) is 0 Å². The van der Waals surface area contributed by atoms with Gasteiger partial charge in [-0.05, 0) is 24.6 Å². The van der Waals surface area contributed by atoms with Gasteiger partial charge in [-0.1, -0.05) is 36.4 Å². The molecule has 0 aliphatic carbocycles. The Morgan fingerprint density at radius 1 is 1.05 bits per heavy atom. The molecule has 0 aromatic heterocycles. The lowest BCUT2D eigenvalue weighted by Crippen LogP contribution is -2.03. The van der Waals surface area contributed by atoms with E-state index in [2.05, 4.69) is 0 Å². The highest BCUT2D eigenvalue weighted by Gasteiger charge is 2.13. The lowest BCUT2D eigenvalue weighted by molar-refractivity contribution is -0.116. The van der Waals surface area contributed by atoms with Gasteiger partial charge in [0.25, 0.3) is 0 Å². The van der Waals surface area contributed by atoms with Crippen LogP contribution in [0.4, 0.5) is 0 Å². The highest BCUT2D eigenvalue weighted by atomic mass is 16.3. The van der Waals surface area contributed by atoms with Crippen molar-refractivity contribution in [1.29, 1.82) is 0 Å². The first kappa shape index (κ1) is 13.0. The molecule has 19 heavy (non-hydrogen) atoms. The topological polar surface area (TPSA) is 54.4 Å². The number of Topliss-reactive ketones (excluding diaryl/α,β-unsaturated/α-hetero) is 1. The summed E-state index contributed by atoms with van der Waals surface area (Å²) in [7, 11) is 0. The Bertz CT molecular complexity index is 615. The summed E-state index contributed by atoms with van der Waals surface area (Å²) in [5.41, 5.74) is 1.48. The normalized spacial score (nSPS) is 10.2. The highest BCUT2D eigenvalue weighted by Crippen LogP contribution is 2.22. The van der Waals surface area contributed by atoms with Gasteiger partial charge in [0.2, 0.25) is 0 Å². The zero-order chi connectivity index (χ0) is 13.8. The minimum absolute atomic E-state index is 0.0153. The summed E-state index contributed by atoms with van der Waals surface area (Å²) >= 11 is 0. The van der Waals surface area contributed by atoms with Crippen molar-refractivity contribution < 1.29 is 14.7 Å². The second kappa shape index (κ2) is 5.48. The molecule has 3 nitrogen and oxygen atoms in total. The third-order valence-corrected chi connectivity index (χ3v) is 2.80. The van der Waals surface area contributed by atoms with Gasteiger partial charge in [-0.2, -0.15) is 0 Å². The van der Waals surface area contributed by atoms with Crippen LogP contribution in [0.2, 0.25) is 0 Å². The molecule has 2 aromatic carbocycles. The van der Waals surface area contributed by atoms with Crippen LogP contribution in [0.25, 0.3) is 0 Å². The number of carbonyl (C=O) groups is 2. The first-order valence-electron chi connectivity index (χ1n) is 5.99. The molecule has 0 aliphatic heterocycles. The van der Waals surface area contributed by atoms with Crippen LogP contribution in [0.3, 0.4) is 0 Å². The fourth-order valence-electron chi connectivity index (χ4n) is 1.91. The molecule has 0 amide bonds. The lowest BCUT2D eigenvalue weighted by atomic mass is 9.99. The van der Waals surface area contributed by atoms with Crippen molar-refractivity contribution in [3.63, 3.8) is 0 Å². The van der Waals surface area contributed by atoms with Gasteiger partial charge >= 0.3 is 0 Å². The van der Waals surface area contributed by atoms with E-state index >= 15 is 0 Å². The van der Waals surface area contributed by atoms with Crippen molar-refractivity contribution in [2.24, 2.45) is 0 Å². The fourth-order valence-corrected chi connectivity index (χ4v) is 1.91. The predicted octanol–water partition coefficient (Wildman–Crippen LogP) is 2.75. The number of phenolic OH excluding ortho intramolecular Hbond substituents is 1. The van der Waals surface area contributed by atoms with Crippen LogP contribution in [-0.2, 0) is 11.2 Å². The largest absolute Gasteiger partial charge is 0.507 e. The molecule has 0 fully saturated rings. The van der Waals surface area contributed by atoms with E-state index in [0.29, 0.717) is 11.1 Å². The third kappa shape index (κ3) is 3.07. The number of rotatable bonds is 4. The average Bonchev–Trinajstić information content (AvgIpc) is 2.38. The van der Waals surface area contributed by atoms with Crippen molar-refractivity contribution in [3.05, 3.63) is 65.2 Å². The van der Waals surface area contributed by atoms with Crippen LogP contribution in [0, 0.1) is 0 Å². The zero-order valence-corrected chi connectivity index (χ0v) is 10.6. The van der Waals surface area contributed by atoms with Gasteiger partial charge in [0, 0.05) is 12.0 Å². The zero-order valence-electron chi connectivity index (χ0n) is 10.6. The molecule has 0 spiro atoms. The average molecular weight is 254 g/mol. The molecule has 0 saturated heterocycles. The summed E-state index contributed by atoms with van der Waals surface area (Å²) in [5, 5.41) is 9.90. The van der Waals surface area contributed by atoms with E-state index in [1.807, 2.05) is 6.07 Å². The molecule has 1 N–H and O–H groups in total. The van der Waals surface area contributed by atoms with Crippen LogP contribution in [0.15, 0.2) is 48.5 Å². The molecule has 0 atom stereocenters. The Labute approximate surface area is 111 Å². The van der Waals surface area contributed by atoms with Gasteiger partial charge in [0.15, 0.2) is 5.78 Å². The Hall–Kier alpha value is -2.42. The molecular weight excluding hydrogens is 240 g/mol. The Morgan fingerprint density at radius 2 is 1.74 bits per heavy atom. The fraction of sp³-hybridized carbons (Fsp3) is 0.125. The summed E-state index contributed by atoms with van der Waals surface area (Å²) in [6, 6.07) is 13.5. The van der Waals surface area contributed by atoms with Crippen LogP contribution >= 0.6 is 0 Å². The van der Waals surface area contributed by atoms with Gasteiger partial charge in [0.1, 0.15) is 11.5 Å². The summed E-state index contributed by atoms with van der Waals surface area (Å²) in [6.07, 6.45) is 0.257. The number of phenols is 1. The molecule has 0 heterocycles. The second-order valence-electron chi connectivity index (χ2n) is 4.43. The van der Waals surface area contributed by atoms with E-state index < -0.39 is 0 Å². The first-order chi connectivity index (χ1) is 9.08. The van der Waals surface area contributed by atoms with Crippen molar-refractivity contribution in [3.8, 4) is 5.75 Å². The molecule has 2 aromatic rings. The quantitative estimate of drug-likeness (QED) is 0.853. The van der Waals surface area contributed by atoms with E-state index in [0.717, 1.165) is 0 Å². The van der Waals surface area contributed by atoms with E-state index in [-0.39, 0.29) is 29.3 Å². The van der Waals surface area contributed by atoms with Crippen molar-refractivity contribution in [2.75, 3.05) is 0 Å². The molecule has 0 saturated carbocycles. The van der Waals surface area contributed by atoms with Gasteiger partial charge < -0.3 is 5.11 Å². The van der Waals surface area contributed by atoms with Gasteiger partial charge in [0.05, 0.1) is 5.56 Å². The molecule has 0 unspecified atom stereocenters. The van der Waals surface area contributed by atoms with Crippen LogP contribution in [0.1, 0.15) is 28.4 Å². The maximum absolute atomic E-state index is 12.2. The summed E-state index contributed by atoms with van der Waals surface area (Å²) in [5.74, 6) is -0.304. The van der Waals surface area contributed by atoms with Crippen molar-refractivity contribution >= 4 is 11.6 Å². The van der Waals surface area contributed by atoms with Crippen LogP contribution in [0.5, 0.6) is 5.75 Å². The van der Waals surface area contributed by atoms with Crippen molar-refractivity contribution in [1.82, 2.24) is 0 Å². The molecule has 2 rings (SSSR count). The monoisotopic (exact) mass is 254 g/mol. The maximum atomic E-state index is 12.2. The molecule has 96 valence electrons. The van der Waals surface area contributed by atoms with E-state index in [1.54, 1.807) is 36.4 Å². The van der Waals surface area contributed by atoms with Crippen LogP contribution in [-0.4, -0.2) is 16.7 Å². The van der Waals surface area contributed by atoms with Crippen molar-refractivity contribution in [2.45, 2.75) is 13.3 Å². The number of hydrogen-bond acceptors (Lipinski definition) is 3. The molecule has 0 bridgehead atoms. The SMILES string of the molecule is CC(=O)Cc1ccc(C(=O)c2ccccc2)c(O)c1. The lowest BCUT2D eigenvalue weighted by Gasteiger charge is -2.06. The Balaban J connectivity index is 2.31. The summed E-state index contributed by atoms with van der Waals surface area (Å²) < 4.78 is 0. The summed E-state index contributed by atoms with van der Waals surface area (Å²) in [4.78, 5) is 23.2. The number of hydrogen-bond donors (Lipinski definition) is 1. The predicted molar refractivity (Wildman–Crippen MR) is 72.4 cm³/mol. The second-order valence-corrected chi connectivity index (χ2v) is 4.43. The van der Waals surface area contributed by atoms with Gasteiger partial charge in [-0.25, -0.2) is 0 Å². The Kier molecular flexibility index (Phi) is 3.76. The minimum atomic E-state index is -0.229. The highest BCUT2D eigenvalue weighted by molar-refractivity contribution is 6.10. The van der Waals surface area contributed by atoms with Gasteiger partial charge in [-0.3, -0.25) is 9.59 Å². The Morgan fingerprint density at radius 3 is 2.32 bits per heavy atom. The smallest absolute Gasteiger partial charge is 0.196 e. The third-order valence-electron chi connectivity index (χ3n) is 2.80. The number of benzene rings is 2. The number of ketones is 2.